The molecule has 5 heteroatoms. The molecular weight excluding hydrogens is 208 g/mol. The summed E-state index contributed by atoms with van der Waals surface area (Å²) in [4.78, 5) is 14.9. The molecule has 0 N–H and O–H groups in total. The van der Waals surface area contributed by atoms with Crippen LogP contribution < -0.4 is 4.74 Å². The number of amides is 1. The lowest BCUT2D eigenvalue weighted by Gasteiger charge is -2.06. The molecule has 0 spiro atoms. The van der Waals surface area contributed by atoms with Crippen molar-refractivity contribution in [1.82, 2.24) is 4.57 Å². The molecule has 86 valence electrons. The van der Waals surface area contributed by atoms with Gasteiger partial charge in [-0.2, -0.15) is 0 Å². The molecule has 0 fully saturated rings. The fourth-order valence-corrected chi connectivity index (χ4v) is 2.07. The highest BCUT2D eigenvalue weighted by molar-refractivity contribution is 5.99. The summed E-state index contributed by atoms with van der Waals surface area (Å²) in [5, 5.41) is 0. The van der Waals surface area contributed by atoms with E-state index in [-0.39, 0.29) is 12.0 Å². The van der Waals surface area contributed by atoms with Crippen LogP contribution in [-0.4, -0.2) is 37.5 Å². The Kier molecular flexibility index (Phi) is 2.78. The lowest BCUT2D eigenvalue weighted by Crippen LogP contribution is -2.11. The first kappa shape index (κ1) is 10.9. The minimum atomic E-state index is -0.354. The molecule has 1 amide bonds. The van der Waals surface area contributed by atoms with Crippen molar-refractivity contribution >= 4 is 12.6 Å². The molecule has 2 rings (SSSR count). The van der Waals surface area contributed by atoms with Gasteiger partial charge in [-0.05, 0) is 6.72 Å². The average Bonchev–Trinajstić information content (AvgIpc) is 2.83. The fraction of sp³-hybridized carbons (Fsp3) is 0.455. The van der Waals surface area contributed by atoms with E-state index in [0.717, 1.165) is 18.7 Å². The van der Waals surface area contributed by atoms with Crippen molar-refractivity contribution in [2.45, 2.75) is 19.1 Å². The van der Waals surface area contributed by atoms with Gasteiger partial charge < -0.3 is 14.0 Å². The Morgan fingerprint density at radius 1 is 1.62 bits per heavy atom. The van der Waals surface area contributed by atoms with E-state index in [9.17, 15) is 4.79 Å². The molecule has 16 heavy (non-hydrogen) atoms. The third-order valence-corrected chi connectivity index (χ3v) is 2.87. The molecule has 0 bridgehead atoms. The Hall–Kier alpha value is -1.62. The maximum absolute atomic E-state index is 11.5. The quantitative estimate of drug-likeness (QED) is 0.714. The van der Waals surface area contributed by atoms with Crippen LogP contribution in [-0.2, 0) is 17.7 Å². The molecule has 1 aromatic heterocycles. The standard InChI is InChI=1S/C11H14N2O3/c1-12-11(14)8-6-13-5-7(15-2)4-9(13)10(8)16-3/h6-7H,1,4-5H2,2-3H3/t7-/m0/s1. The summed E-state index contributed by atoms with van der Waals surface area (Å²) in [5.41, 5.74) is 1.46. The van der Waals surface area contributed by atoms with Gasteiger partial charge in [0.05, 0.1) is 18.9 Å². The van der Waals surface area contributed by atoms with Gasteiger partial charge in [0, 0.05) is 26.3 Å². The minimum absolute atomic E-state index is 0.157. The minimum Gasteiger partial charge on any atom is -0.494 e. The average molecular weight is 222 g/mol. The van der Waals surface area contributed by atoms with Crippen LogP contribution in [0.4, 0.5) is 0 Å². The molecule has 1 atom stereocenters. The third kappa shape index (κ3) is 1.53. The van der Waals surface area contributed by atoms with Crippen LogP contribution in [0.5, 0.6) is 5.75 Å². The van der Waals surface area contributed by atoms with E-state index in [4.69, 9.17) is 9.47 Å². The van der Waals surface area contributed by atoms with E-state index in [1.807, 2.05) is 4.57 Å². The lowest BCUT2D eigenvalue weighted by molar-refractivity contribution is 0.0990. The number of carbonyl (C=O) groups excluding carboxylic acids is 1. The molecule has 1 aliphatic heterocycles. The second-order valence-electron chi connectivity index (χ2n) is 3.70. The number of fused-ring (bicyclic) bond motifs is 1. The van der Waals surface area contributed by atoms with Crippen molar-refractivity contribution in [3.05, 3.63) is 17.5 Å². The van der Waals surface area contributed by atoms with E-state index in [1.54, 1.807) is 20.4 Å². The van der Waals surface area contributed by atoms with Crippen LogP contribution in [0.3, 0.4) is 0 Å². The van der Waals surface area contributed by atoms with Crippen LogP contribution in [0.2, 0.25) is 0 Å². The van der Waals surface area contributed by atoms with Crippen LogP contribution >= 0.6 is 0 Å². The van der Waals surface area contributed by atoms with Gasteiger partial charge in [-0.1, -0.05) is 0 Å². The van der Waals surface area contributed by atoms with Crippen LogP contribution in [0, 0.1) is 0 Å². The fourth-order valence-electron chi connectivity index (χ4n) is 2.07. The second-order valence-corrected chi connectivity index (χ2v) is 3.70. The van der Waals surface area contributed by atoms with E-state index in [0.29, 0.717) is 11.3 Å². The molecule has 1 aliphatic rings. The van der Waals surface area contributed by atoms with E-state index in [1.165, 1.54) is 0 Å². The Balaban J connectivity index is 2.40. The number of ether oxygens (including phenoxy) is 2. The number of nitrogens with zero attached hydrogens (tertiary/aromatic N) is 2. The van der Waals surface area contributed by atoms with Gasteiger partial charge in [0.2, 0.25) is 0 Å². The van der Waals surface area contributed by atoms with Crippen molar-refractivity contribution in [2.75, 3.05) is 14.2 Å². The third-order valence-electron chi connectivity index (χ3n) is 2.87. The van der Waals surface area contributed by atoms with E-state index in [2.05, 4.69) is 11.7 Å². The van der Waals surface area contributed by atoms with Crippen LogP contribution in [0.1, 0.15) is 16.1 Å². The molecule has 0 saturated heterocycles. The zero-order valence-electron chi connectivity index (χ0n) is 9.40. The Labute approximate surface area is 93.7 Å². The highest BCUT2D eigenvalue weighted by Gasteiger charge is 2.29. The number of aliphatic imine (C=N–C) groups is 1. The molecule has 0 unspecified atom stereocenters. The Morgan fingerprint density at radius 2 is 2.38 bits per heavy atom. The smallest absolute Gasteiger partial charge is 0.281 e. The molecule has 1 aromatic rings. The summed E-state index contributed by atoms with van der Waals surface area (Å²) in [6, 6.07) is 0. The van der Waals surface area contributed by atoms with Gasteiger partial charge in [-0.15, -0.1) is 0 Å². The lowest BCUT2D eigenvalue weighted by atomic mass is 10.2. The molecule has 0 aliphatic carbocycles. The van der Waals surface area contributed by atoms with Crippen LogP contribution in [0.25, 0.3) is 0 Å². The van der Waals surface area contributed by atoms with E-state index < -0.39 is 0 Å². The van der Waals surface area contributed by atoms with Gasteiger partial charge >= 0.3 is 0 Å². The van der Waals surface area contributed by atoms with Gasteiger partial charge in [0.1, 0.15) is 5.56 Å². The van der Waals surface area contributed by atoms with Gasteiger partial charge in [-0.25, -0.2) is 4.99 Å². The first-order valence-corrected chi connectivity index (χ1v) is 5.01. The molecule has 0 radical (unpaired) electrons. The van der Waals surface area contributed by atoms with Crippen molar-refractivity contribution in [2.24, 2.45) is 4.99 Å². The molecule has 0 aromatic carbocycles. The van der Waals surface area contributed by atoms with Crippen molar-refractivity contribution < 1.29 is 14.3 Å². The predicted octanol–water partition coefficient (Wildman–Crippen LogP) is 0.909. The monoisotopic (exact) mass is 222 g/mol. The van der Waals surface area contributed by atoms with Crippen LogP contribution in [0.15, 0.2) is 11.2 Å². The Bertz CT molecular complexity index is 437. The number of carbonyl (C=O) groups is 1. The van der Waals surface area contributed by atoms with Gasteiger partial charge in [0.15, 0.2) is 5.75 Å². The highest BCUT2D eigenvalue weighted by Crippen LogP contribution is 2.32. The topological polar surface area (TPSA) is 52.8 Å². The number of aromatic nitrogens is 1. The normalized spacial score (nSPS) is 18.2. The summed E-state index contributed by atoms with van der Waals surface area (Å²) in [5.74, 6) is 0.240. The first-order valence-electron chi connectivity index (χ1n) is 5.01. The molecule has 0 saturated carbocycles. The largest absolute Gasteiger partial charge is 0.494 e. The molecule has 2 heterocycles. The SMILES string of the molecule is C=NC(=O)c1cn2c(c1OC)C[C@H](OC)C2. The highest BCUT2D eigenvalue weighted by atomic mass is 16.5. The zero-order valence-corrected chi connectivity index (χ0v) is 9.40. The Morgan fingerprint density at radius 3 is 2.94 bits per heavy atom. The molecular formula is C11H14N2O3. The van der Waals surface area contributed by atoms with Gasteiger partial charge in [0.25, 0.3) is 5.91 Å². The maximum atomic E-state index is 11.5. The first-order chi connectivity index (χ1) is 7.71. The summed E-state index contributed by atoms with van der Waals surface area (Å²) < 4.78 is 12.5. The molecule has 5 nitrogen and oxygen atoms in total. The van der Waals surface area contributed by atoms with Crippen molar-refractivity contribution in [1.29, 1.82) is 0 Å². The second kappa shape index (κ2) is 4.09. The summed E-state index contributed by atoms with van der Waals surface area (Å²) in [6.07, 6.45) is 2.67. The summed E-state index contributed by atoms with van der Waals surface area (Å²) >= 11 is 0. The number of rotatable bonds is 3. The number of hydrogen-bond donors (Lipinski definition) is 0. The number of hydrogen-bond acceptors (Lipinski definition) is 3. The number of methoxy groups -OCH3 is 2. The van der Waals surface area contributed by atoms with Crippen molar-refractivity contribution in [3.63, 3.8) is 0 Å². The van der Waals surface area contributed by atoms with Gasteiger partial charge in [-0.3, -0.25) is 4.79 Å². The summed E-state index contributed by atoms with van der Waals surface area (Å²) in [7, 11) is 3.23. The van der Waals surface area contributed by atoms with Crippen molar-refractivity contribution in [3.8, 4) is 5.75 Å². The summed E-state index contributed by atoms with van der Waals surface area (Å²) in [6.45, 7) is 3.98. The predicted molar refractivity (Wildman–Crippen MR) is 59.4 cm³/mol. The zero-order chi connectivity index (χ0) is 11.7. The maximum Gasteiger partial charge on any atom is 0.281 e. The van der Waals surface area contributed by atoms with E-state index >= 15 is 0 Å².